The summed E-state index contributed by atoms with van der Waals surface area (Å²) in [7, 11) is 5.22. The number of aliphatic carboxylic acids is 3. The van der Waals surface area contributed by atoms with Crippen LogP contribution in [0.15, 0.2) is 48.5 Å². The number of non-ortho nitro benzene ring substituents is 1. The van der Waals surface area contributed by atoms with Crippen LogP contribution in [0, 0.1) is 48.3 Å². The van der Waals surface area contributed by atoms with E-state index in [1.165, 1.54) is 16.7 Å². The number of rotatable bonds is 10. The van der Waals surface area contributed by atoms with Crippen molar-refractivity contribution in [3.05, 3.63) is 110 Å². The van der Waals surface area contributed by atoms with Gasteiger partial charge in [0, 0.05) is 79.7 Å². The lowest BCUT2D eigenvalue weighted by molar-refractivity contribution is -0.383. The van der Waals surface area contributed by atoms with Crippen molar-refractivity contribution >= 4 is 56.3 Å². The maximum absolute atomic E-state index is 14.1. The molecule has 0 saturated carbocycles. The monoisotopic (exact) mass is 795 g/mol. The molecule has 0 aliphatic carbocycles. The summed E-state index contributed by atoms with van der Waals surface area (Å²) in [6.45, 7) is 5.32. The van der Waals surface area contributed by atoms with Crippen LogP contribution in [0.3, 0.4) is 0 Å². The highest BCUT2D eigenvalue weighted by molar-refractivity contribution is 5.94. The van der Waals surface area contributed by atoms with Gasteiger partial charge in [-0.2, -0.15) is 0 Å². The van der Waals surface area contributed by atoms with Gasteiger partial charge in [-0.05, 0) is 67.8 Å². The van der Waals surface area contributed by atoms with Crippen molar-refractivity contribution in [2.45, 2.75) is 58.2 Å². The molecule has 18 heteroatoms. The van der Waals surface area contributed by atoms with Gasteiger partial charge in [-0.25, -0.2) is 13.2 Å². The second kappa shape index (κ2) is 17.3. The molecule has 3 heterocycles. The lowest BCUT2D eigenvalue weighted by Gasteiger charge is -2.07. The normalized spacial score (nSPS) is 12.8. The zero-order valence-corrected chi connectivity index (χ0v) is 32.0. The first-order chi connectivity index (χ1) is 26.6. The van der Waals surface area contributed by atoms with Crippen LogP contribution in [0.1, 0.15) is 33.8 Å². The van der Waals surface area contributed by atoms with E-state index in [9.17, 15) is 37.7 Å². The maximum Gasteiger partial charge on any atom is 0.320 e. The van der Waals surface area contributed by atoms with Crippen LogP contribution in [0.25, 0.3) is 32.7 Å². The number of aryl methyl sites for hydroxylation is 3. The summed E-state index contributed by atoms with van der Waals surface area (Å²) in [5.74, 6) is -4.69. The lowest BCUT2D eigenvalue weighted by Crippen LogP contribution is -2.32. The average Bonchev–Trinajstić information content (AvgIpc) is 3.65. The molecule has 3 aromatic heterocycles. The highest BCUT2D eigenvalue weighted by atomic mass is 19.1. The number of carboxylic acid groups (broad SMARTS) is 3. The third kappa shape index (κ3) is 8.62. The fraction of sp³-hybridized carbons (Fsp3) is 0.308. The molecule has 0 amide bonds. The number of halogens is 3. The summed E-state index contributed by atoms with van der Waals surface area (Å²) in [4.78, 5) is 43.0. The highest BCUT2D eigenvalue weighted by Gasteiger charge is 2.27. The summed E-state index contributed by atoms with van der Waals surface area (Å²) < 4.78 is 47.1. The maximum atomic E-state index is 14.1. The van der Waals surface area contributed by atoms with Crippen LogP contribution in [-0.4, -0.2) is 70.0 Å². The van der Waals surface area contributed by atoms with Crippen molar-refractivity contribution in [2.24, 2.45) is 38.3 Å². The smallest absolute Gasteiger partial charge is 0.320 e. The number of aromatic nitrogens is 3. The van der Waals surface area contributed by atoms with Crippen molar-refractivity contribution in [3.8, 4) is 0 Å². The molecular weight excluding hydrogens is 751 g/mol. The number of carbonyl (C=O) groups is 3. The molecule has 15 nitrogen and oxygen atoms in total. The molecule has 3 aromatic carbocycles. The molecule has 9 N–H and O–H groups in total. The molecule has 6 aromatic rings. The van der Waals surface area contributed by atoms with Crippen LogP contribution in [-0.2, 0) is 54.8 Å². The summed E-state index contributed by atoms with van der Waals surface area (Å²) in [6, 6.07) is 8.50. The Hall–Kier alpha value is -6.24. The SMILES string of the molecule is Cc1c(CC(N)C(=O)O)c2c(F)ccc([N+](=O)[O-])c2n1C.Cc1c(CC(N)C(=O)O)c2c(F)cccc2n1C.Cc1c(CC(N)C(=O)O)c2c(F)cccc2n1C. The fourth-order valence-electron chi connectivity index (χ4n) is 6.86. The Morgan fingerprint density at radius 1 is 0.614 bits per heavy atom. The third-order valence-electron chi connectivity index (χ3n) is 10.3. The second-order valence-corrected chi connectivity index (χ2v) is 13.6. The van der Waals surface area contributed by atoms with E-state index in [0.29, 0.717) is 33.2 Å². The number of nitro benzene ring substituents is 1. The molecule has 3 atom stereocenters. The van der Waals surface area contributed by atoms with E-state index >= 15 is 0 Å². The van der Waals surface area contributed by atoms with Gasteiger partial charge in [0.05, 0.1) is 16.0 Å². The summed E-state index contributed by atoms with van der Waals surface area (Å²) in [6.07, 6.45) is 0.148. The van der Waals surface area contributed by atoms with Gasteiger partial charge in [0.25, 0.3) is 5.69 Å². The molecule has 57 heavy (non-hydrogen) atoms. The van der Waals surface area contributed by atoms with Crippen LogP contribution in [0.5, 0.6) is 0 Å². The largest absolute Gasteiger partial charge is 0.480 e. The Bertz CT molecular complexity index is 2430. The minimum absolute atomic E-state index is 0.0564. The Kier molecular flexibility index (Phi) is 13.2. The minimum atomic E-state index is -1.21. The van der Waals surface area contributed by atoms with Crippen LogP contribution in [0.2, 0.25) is 0 Å². The predicted molar refractivity (Wildman–Crippen MR) is 207 cm³/mol. The molecule has 3 unspecified atom stereocenters. The van der Waals surface area contributed by atoms with Gasteiger partial charge in [0.15, 0.2) is 0 Å². The molecule has 0 spiro atoms. The number of nitro groups is 1. The Morgan fingerprint density at radius 2 is 0.947 bits per heavy atom. The van der Waals surface area contributed by atoms with Crippen molar-refractivity contribution in [3.63, 3.8) is 0 Å². The summed E-state index contributed by atoms with van der Waals surface area (Å²) in [5, 5.41) is 38.7. The summed E-state index contributed by atoms with van der Waals surface area (Å²) in [5.41, 5.74) is 21.9. The van der Waals surface area contributed by atoms with Gasteiger partial charge in [-0.3, -0.25) is 24.5 Å². The standard InChI is InChI=1S/C13H14FN3O4.2C13H15FN2O2/c1-6-7(5-9(15)13(18)19)11-8(14)3-4-10(17(20)21)12(11)16(6)2;2*1-7-8(6-10(15)13(17)18)12-9(14)4-3-5-11(12)16(7)2/h3-4,9H,5,15H2,1-2H3,(H,18,19);2*3-5,10H,6,15H2,1-2H3,(H,17,18). The van der Waals surface area contributed by atoms with E-state index in [1.807, 2.05) is 37.1 Å². The van der Waals surface area contributed by atoms with E-state index in [-0.39, 0.29) is 47.5 Å². The first-order valence-corrected chi connectivity index (χ1v) is 17.4. The molecular formula is C39H44F3N7O8. The van der Waals surface area contributed by atoms with Gasteiger partial charge < -0.3 is 46.2 Å². The third-order valence-corrected chi connectivity index (χ3v) is 10.3. The van der Waals surface area contributed by atoms with Crippen molar-refractivity contribution in [1.29, 1.82) is 0 Å². The quantitative estimate of drug-likeness (QED) is 0.0823. The first kappa shape index (κ1) is 43.5. The van der Waals surface area contributed by atoms with Crippen LogP contribution < -0.4 is 17.2 Å². The number of benzene rings is 3. The Balaban J connectivity index is 0.000000190. The lowest BCUT2D eigenvalue weighted by atomic mass is 10.0. The van der Waals surface area contributed by atoms with Gasteiger partial charge in [0.2, 0.25) is 0 Å². The fourth-order valence-corrected chi connectivity index (χ4v) is 6.86. The van der Waals surface area contributed by atoms with E-state index < -0.39 is 46.8 Å². The van der Waals surface area contributed by atoms with Gasteiger partial charge in [0.1, 0.15) is 41.1 Å². The van der Waals surface area contributed by atoms with Crippen LogP contribution >= 0.6 is 0 Å². The van der Waals surface area contributed by atoms with E-state index in [1.54, 1.807) is 38.2 Å². The Morgan fingerprint density at radius 3 is 1.30 bits per heavy atom. The zero-order valence-electron chi connectivity index (χ0n) is 32.0. The number of nitrogens with two attached hydrogens (primary N) is 3. The number of carboxylic acids is 3. The summed E-state index contributed by atoms with van der Waals surface area (Å²) >= 11 is 0. The number of hydrogen-bond donors (Lipinski definition) is 6. The highest BCUT2D eigenvalue weighted by Crippen LogP contribution is 2.35. The van der Waals surface area contributed by atoms with Gasteiger partial charge in [-0.15, -0.1) is 0 Å². The molecule has 6 rings (SSSR count). The van der Waals surface area contributed by atoms with Crippen molar-refractivity contribution in [2.75, 3.05) is 0 Å². The zero-order chi connectivity index (χ0) is 42.8. The first-order valence-electron chi connectivity index (χ1n) is 17.4. The number of hydrogen-bond acceptors (Lipinski definition) is 8. The van der Waals surface area contributed by atoms with Crippen LogP contribution in [0.4, 0.5) is 18.9 Å². The topological polar surface area (TPSA) is 248 Å². The molecule has 0 bridgehead atoms. The van der Waals surface area contributed by atoms with E-state index in [4.69, 9.17) is 32.5 Å². The van der Waals surface area contributed by atoms with Gasteiger partial charge in [-0.1, -0.05) is 12.1 Å². The molecule has 0 fully saturated rings. The average molecular weight is 796 g/mol. The minimum Gasteiger partial charge on any atom is -0.480 e. The molecule has 0 radical (unpaired) electrons. The molecule has 304 valence electrons. The molecule has 0 aliphatic heterocycles. The van der Waals surface area contributed by atoms with Crippen molar-refractivity contribution < 1.29 is 47.8 Å². The van der Waals surface area contributed by atoms with E-state index in [2.05, 4.69) is 0 Å². The predicted octanol–water partition coefficient (Wildman–Crippen LogP) is 4.65. The Labute approximate surface area is 323 Å². The second-order valence-electron chi connectivity index (χ2n) is 13.6. The van der Waals surface area contributed by atoms with E-state index in [0.717, 1.165) is 34.6 Å². The number of fused-ring (bicyclic) bond motifs is 3. The van der Waals surface area contributed by atoms with Crippen molar-refractivity contribution in [1.82, 2.24) is 13.7 Å². The number of nitrogens with zero attached hydrogens (tertiary/aromatic N) is 4. The molecule has 0 saturated heterocycles. The molecule has 0 aliphatic rings. The van der Waals surface area contributed by atoms with Gasteiger partial charge >= 0.3 is 17.9 Å².